The number of carbonyl (C=O) groups excluding carboxylic acids is 1. The number of fused-ring (bicyclic) bond motifs is 1. The van der Waals surface area contributed by atoms with Gasteiger partial charge in [-0.15, -0.1) is 0 Å². The van der Waals surface area contributed by atoms with E-state index in [-0.39, 0.29) is 24.7 Å². The number of amides is 1. The molecule has 2 N–H and O–H groups in total. The second-order valence-electron chi connectivity index (χ2n) is 9.66. The van der Waals surface area contributed by atoms with Crippen molar-refractivity contribution in [2.75, 3.05) is 7.11 Å². The Kier molecular flexibility index (Phi) is 7.49. The first kappa shape index (κ1) is 26.7. The number of hydrogen-bond donors (Lipinski definition) is 2. The van der Waals surface area contributed by atoms with Gasteiger partial charge in [0.25, 0.3) is 12.2 Å². The van der Waals surface area contributed by atoms with E-state index in [4.69, 9.17) is 26.1 Å². The molecular weight excluding hydrogens is 529 g/mol. The van der Waals surface area contributed by atoms with Gasteiger partial charge in [0, 0.05) is 23.6 Å². The normalized spacial score (nSPS) is 20.7. The zero-order valence-electron chi connectivity index (χ0n) is 21.2. The molecule has 0 unspecified atom stereocenters. The summed E-state index contributed by atoms with van der Waals surface area (Å²) in [6.45, 7) is 1.52. The highest BCUT2D eigenvalue weighted by Gasteiger charge is 2.41. The lowest BCUT2D eigenvalue weighted by Crippen LogP contribution is -2.41. The Morgan fingerprint density at radius 1 is 1.16 bits per heavy atom. The van der Waals surface area contributed by atoms with E-state index in [2.05, 4.69) is 4.52 Å². The Hall–Kier alpha value is -2.94. The smallest absolute Gasteiger partial charge is 0.472 e. The molecule has 2 fully saturated rings. The number of piperidine rings is 1. The van der Waals surface area contributed by atoms with Crippen molar-refractivity contribution >= 4 is 31.4 Å². The van der Waals surface area contributed by atoms with Gasteiger partial charge in [-0.25, -0.2) is 13.7 Å². The van der Waals surface area contributed by atoms with Crippen molar-refractivity contribution in [3.8, 4) is 11.4 Å². The third-order valence-corrected chi connectivity index (χ3v) is 7.95. The van der Waals surface area contributed by atoms with Crippen LogP contribution >= 0.6 is 19.4 Å². The molecule has 2 aliphatic rings. The van der Waals surface area contributed by atoms with E-state index < -0.39 is 7.82 Å². The van der Waals surface area contributed by atoms with Gasteiger partial charge in [-0.3, -0.25) is 4.79 Å². The Morgan fingerprint density at radius 2 is 1.92 bits per heavy atom. The van der Waals surface area contributed by atoms with Crippen molar-refractivity contribution in [2.45, 2.75) is 51.4 Å². The number of methoxy groups -OCH3 is 1. The van der Waals surface area contributed by atoms with Crippen LogP contribution in [0.25, 0.3) is 11.8 Å². The summed E-state index contributed by atoms with van der Waals surface area (Å²) < 4.78 is 24.7. The van der Waals surface area contributed by atoms with E-state index in [1.807, 2.05) is 66.6 Å². The molecule has 200 valence electrons. The van der Waals surface area contributed by atoms with Crippen LogP contribution in [-0.2, 0) is 20.6 Å². The van der Waals surface area contributed by atoms with Crippen LogP contribution in [0.5, 0.6) is 5.75 Å². The molecule has 0 radical (unpaired) electrons. The number of carbonyl (C=O) groups is 1. The van der Waals surface area contributed by atoms with Gasteiger partial charge in [-0.05, 0) is 67.2 Å². The van der Waals surface area contributed by atoms with Gasteiger partial charge in [0.05, 0.1) is 13.2 Å². The van der Waals surface area contributed by atoms with Crippen molar-refractivity contribution in [1.29, 1.82) is 0 Å². The summed E-state index contributed by atoms with van der Waals surface area (Å²) in [4.78, 5) is 33.7. The summed E-state index contributed by atoms with van der Waals surface area (Å²) in [6, 6.07) is 13.8. The van der Waals surface area contributed by atoms with E-state index in [1.54, 1.807) is 22.6 Å². The van der Waals surface area contributed by atoms with Gasteiger partial charge < -0.3 is 19.4 Å². The number of aromatic nitrogens is 2. The molecule has 1 aromatic heterocycles. The van der Waals surface area contributed by atoms with Gasteiger partial charge in [-0.2, -0.15) is 4.57 Å². The molecule has 2 atom stereocenters. The number of rotatable bonds is 7. The molecular formula is C27H30ClN3O6P+. The summed E-state index contributed by atoms with van der Waals surface area (Å²) in [5.41, 5.74) is 4.24. The first-order valence-corrected chi connectivity index (χ1v) is 14.3. The molecule has 5 rings (SSSR count). The number of phosphoric acid groups is 1. The van der Waals surface area contributed by atoms with Crippen LogP contribution in [0.15, 0.2) is 60.6 Å². The lowest BCUT2D eigenvalue weighted by atomic mass is 9.95. The highest BCUT2D eigenvalue weighted by Crippen LogP contribution is 2.43. The third kappa shape index (κ3) is 5.58. The molecule has 2 aromatic carbocycles. The molecule has 1 amide bonds. The van der Waals surface area contributed by atoms with Crippen LogP contribution in [0, 0.1) is 6.92 Å². The van der Waals surface area contributed by atoms with E-state index in [0.717, 1.165) is 53.8 Å². The van der Waals surface area contributed by atoms with Gasteiger partial charge in [0.15, 0.2) is 11.4 Å². The number of benzene rings is 2. The van der Waals surface area contributed by atoms with Crippen molar-refractivity contribution < 1.29 is 33.0 Å². The number of hydrogen-bond acceptors (Lipinski definition) is 4. The maximum absolute atomic E-state index is 13.6. The monoisotopic (exact) mass is 558 g/mol. The predicted octanol–water partition coefficient (Wildman–Crippen LogP) is 4.71. The molecule has 0 aliphatic carbocycles. The number of imidazole rings is 1. The molecule has 2 saturated heterocycles. The maximum Gasteiger partial charge on any atom is 0.472 e. The summed E-state index contributed by atoms with van der Waals surface area (Å²) in [7, 11) is -3.01. The summed E-state index contributed by atoms with van der Waals surface area (Å²) in [5, 5.41) is 0.686. The average molecular weight is 559 g/mol. The van der Waals surface area contributed by atoms with Gasteiger partial charge in [0.2, 0.25) is 6.73 Å². The fourth-order valence-corrected chi connectivity index (χ4v) is 5.77. The Bertz CT molecular complexity index is 1430. The van der Waals surface area contributed by atoms with Crippen LogP contribution < -0.4 is 9.30 Å². The van der Waals surface area contributed by atoms with Gasteiger partial charge >= 0.3 is 7.82 Å². The molecule has 2 aliphatic heterocycles. The maximum atomic E-state index is 13.6. The summed E-state index contributed by atoms with van der Waals surface area (Å²) >= 11 is 6.08. The van der Waals surface area contributed by atoms with E-state index in [1.165, 1.54) is 0 Å². The second kappa shape index (κ2) is 10.7. The molecule has 3 aromatic rings. The molecule has 9 nitrogen and oxygen atoms in total. The highest BCUT2D eigenvalue weighted by atomic mass is 35.5. The second-order valence-corrected chi connectivity index (χ2v) is 11.3. The Balaban J connectivity index is 1.38. The van der Waals surface area contributed by atoms with E-state index in [9.17, 15) is 9.36 Å². The molecule has 0 saturated carbocycles. The van der Waals surface area contributed by atoms with Crippen LogP contribution in [0.3, 0.4) is 0 Å². The molecule has 38 heavy (non-hydrogen) atoms. The van der Waals surface area contributed by atoms with Crippen molar-refractivity contribution in [3.63, 3.8) is 0 Å². The van der Waals surface area contributed by atoms with E-state index in [0.29, 0.717) is 10.8 Å². The zero-order chi connectivity index (χ0) is 27.0. The first-order valence-electron chi connectivity index (χ1n) is 12.4. The number of nitrogens with zero attached hydrogens (tertiary/aromatic N) is 3. The van der Waals surface area contributed by atoms with Crippen LogP contribution in [0.1, 0.15) is 48.5 Å². The number of aryl methyl sites for hydroxylation is 1. The lowest BCUT2D eigenvalue weighted by Gasteiger charge is -2.35. The first-order chi connectivity index (χ1) is 18.1. The van der Waals surface area contributed by atoms with Crippen molar-refractivity contribution in [1.82, 2.24) is 9.47 Å². The molecule has 11 heteroatoms. The minimum absolute atomic E-state index is 0.0589. The fraction of sp³-hybridized carbons (Fsp3) is 0.333. The topological polar surface area (TPSA) is 105 Å². The van der Waals surface area contributed by atoms with Crippen molar-refractivity contribution in [2.24, 2.45) is 0 Å². The number of ether oxygens (including phenoxy) is 1. The minimum Gasteiger partial charge on any atom is -0.492 e. The largest absolute Gasteiger partial charge is 0.492 e. The summed E-state index contributed by atoms with van der Waals surface area (Å²) in [5.74, 6) is 0.674. The number of phosphoric ester groups is 1. The predicted molar refractivity (Wildman–Crippen MR) is 142 cm³/mol. The molecule has 0 spiro atoms. The zero-order valence-corrected chi connectivity index (χ0v) is 22.8. The quantitative estimate of drug-likeness (QED) is 0.247. The lowest BCUT2D eigenvalue weighted by molar-refractivity contribution is -0.596. The fourth-order valence-electron chi connectivity index (χ4n) is 5.37. The Morgan fingerprint density at radius 3 is 2.63 bits per heavy atom. The van der Waals surface area contributed by atoms with Gasteiger partial charge in [0.1, 0.15) is 11.9 Å². The van der Waals surface area contributed by atoms with Crippen LogP contribution in [0.2, 0.25) is 5.02 Å². The third-order valence-electron chi connectivity index (χ3n) is 7.24. The standard InChI is InChI=1S/C27H29ClN3O6P/c1-18-15-29(16-30(18)17-37-38(33,34)35)25-11-3-19(14-26(25)36-2)13-21-6-9-23-10-12-24(31(23)27(21)32)20-4-7-22(28)8-5-20/h3-5,7-8,11,13-16,23-24H,6,9-10,12,17H2,1-2H3,(H-,33,34,35)/p+1/b21-13+/t23-,24-/m0/s1. The highest BCUT2D eigenvalue weighted by molar-refractivity contribution is 7.46. The van der Waals surface area contributed by atoms with E-state index >= 15 is 0 Å². The minimum atomic E-state index is -4.59. The molecule has 3 heterocycles. The number of halogens is 1. The van der Waals surface area contributed by atoms with Crippen LogP contribution in [0.4, 0.5) is 0 Å². The summed E-state index contributed by atoms with van der Waals surface area (Å²) in [6.07, 6.45) is 9.05. The average Bonchev–Trinajstić information content (AvgIpc) is 3.48. The SMILES string of the molecule is COc1cc(/C=C2\CC[C@H]3CC[C@@H](c4ccc(Cl)cc4)N3C2=O)ccc1-[n+]1cc(C)n(COP(=O)(O)O)c1. The van der Waals surface area contributed by atoms with Crippen LogP contribution in [-0.4, -0.2) is 38.3 Å². The van der Waals surface area contributed by atoms with Crippen molar-refractivity contribution in [3.05, 3.63) is 82.4 Å². The Labute approximate surface area is 226 Å². The molecule has 0 bridgehead atoms. The van der Waals surface area contributed by atoms with Gasteiger partial charge in [-0.1, -0.05) is 29.8 Å².